The van der Waals surface area contributed by atoms with E-state index in [0.717, 1.165) is 72.8 Å². The molecule has 0 bridgehead atoms. The summed E-state index contributed by atoms with van der Waals surface area (Å²) in [5.41, 5.74) is 6.96. The van der Waals surface area contributed by atoms with Gasteiger partial charge in [-0.3, -0.25) is 24.0 Å². The van der Waals surface area contributed by atoms with Gasteiger partial charge >= 0.3 is 29.8 Å². The van der Waals surface area contributed by atoms with Gasteiger partial charge in [-0.25, -0.2) is 0 Å². The van der Waals surface area contributed by atoms with Gasteiger partial charge in [0.2, 0.25) is 0 Å². The van der Waals surface area contributed by atoms with Gasteiger partial charge in [0, 0.05) is 38.5 Å². The van der Waals surface area contributed by atoms with Crippen molar-refractivity contribution in [3.63, 3.8) is 0 Å². The molecular weight excluding hydrogens is 985 g/mol. The van der Waals surface area contributed by atoms with E-state index in [1.165, 1.54) is 5.57 Å². The van der Waals surface area contributed by atoms with Crippen molar-refractivity contribution in [2.24, 2.45) is 35.5 Å². The summed E-state index contributed by atoms with van der Waals surface area (Å²) in [7, 11) is 0. The molecule has 0 aromatic carbocycles. The number of carbonyl (C=O) groups excluding carboxylic acids is 5. The molecule has 12 heteroatoms. The van der Waals surface area contributed by atoms with Crippen LogP contribution >= 0.6 is 0 Å². The van der Waals surface area contributed by atoms with E-state index in [-0.39, 0.29) is 74.0 Å². The number of allylic oxidation sites excluding steroid dienone is 12. The molecule has 1 N–H and O–H groups in total. The molecule has 0 heterocycles. The summed E-state index contributed by atoms with van der Waals surface area (Å²) >= 11 is 0. The molecule has 446 valence electrons. The van der Waals surface area contributed by atoms with Gasteiger partial charge in [0.1, 0.15) is 6.10 Å². The third kappa shape index (κ3) is 33.3. The van der Waals surface area contributed by atoms with Crippen LogP contribution in [-0.4, -0.2) is 77.9 Å². The fourth-order valence-corrected chi connectivity index (χ4v) is 9.52. The molecule has 1 saturated carbocycles. The zero-order chi connectivity index (χ0) is 59.1. The maximum absolute atomic E-state index is 14.5. The van der Waals surface area contributed by atoms with E-state index in [1.54, 1.807) is 0 Å². The van der Waals surface area contributed by atoms with Crippen LogP contribution in [0.4, 0.5) is 0 Å². The van der Waals surface area contributed by atoms with Crippen LogP contribution in [0.1, 0.15) is 240 Å². The minimum atomic E-state index is -1.64. The van der Waals surface area contributed by atoms with E-state index in [1.807, 2.05) is 125 Å². The summed E-state index contributed by atoms with van der Waals surface area (Å²) < 4.78 is 39.1. The molecule has 0 saturated heterocycles. The Morgan fingerprint density at radius 3 is 0.692 bits per heavy atom. The number of rotatable bonds is 37. The third-order valence-corrected chi connectivity index (χ3v) is 14.0. The number of ether oxygens (including phenoxy) is 6. The van der Waals surface area contributed by atoms with E-state index < -0.39 is 72.8 Å². The van der Waals surface area contributed by atoms with Gasteiger partial charge in [0.15, 0.2) is 36.8 Å². The summed E-state index contributed by atoms with van der Waals surface area (Å²) in [5.74, 6) is -4.07. The second kappa shape index (κ2) is 39.2. The smallest absolute Gasteiger partial charge is 0.306 e. The fraction of sp³-hybridized carbons (Fsp3) is 0.742. The lowest BCUT2D eigenvalue weighted by Gasteiger charge is -2.48. The topological polar surface area (TPSA) is 161 Å². The molecule has 0 aromatic heterocycles. The van der Waals surface area contributed by atoms with Crippen LogP contribution < -0.4 is 0 Å². The highest BCUT2D eigenvalue weighted by Crippen LogP contribution is 2.38. The van der Waals surface area contributed by atoms with E-state index in [0.29, 0.717) is 32.1 Å². The van der Waals surface area contributed by atoms with E-state index >= 15 is 0 Å². The van der Waals surface area contributed by atoms with Crippen LogP contribution in [0, 0.1) is 35.5 Å². The Morgan fingerprint density at radius 2 is 0.500 bits per heavy atom. The highest BCUT2D eigenvalue weighted by Gasteiger charge is 2.61. The zero-order valence-corrected chi connectivity index (χ0v) is 52.1. The van der Waals surface area contributed by atoms with Crippen molar-refractivity contribution in [3.05, 3.63) is 69.9 Å². The van der Waals surface area contributed by atoms with Gasteiger partial charge in [0.05, 0.1) is 0 Å². The van der Waals surface area contributed by atoms with Crippen molar-refractivity contribution in [1.29, 1.82) is 0 Å². The second-order valence-corrected chi connectivity index (χ2v) is 24.9. The summed E-state index contributed by atoms with van der Waals surface area (Å²) in [4.78, 5) is 72.6. The molecule has 1 rings (SSSR count). The highest BCUT2D eigenvalue weighted by atomic mass is 16.7. The third-order valence-electron chi connectivity index (χ3n) is 14.0. The predicted octanol–water partition coefficient (Wildman–Crippen LogP) is 15.9. The summed E-state index contributed by atoms with van der Waals surface area (Å²) in [6.45, 7) is 36.0. The first-order valence-electron chi connectivity index (χ1n) is 29.7. The second-order valence-electron chi connectivity index (χ2n) is 24.9. The minimum Gasteiger partial charge on any atom is -0.455 e. The van der Waals surface area contributed by atoms with Crippen molar-refractivity contribution in [2.75, 3.05) is 0 Å². The molecule has 0 radical (unpaired) electrons. The van der Waals surface area contributed by atoms with E-state index in [2.05, 4.69) is 36.5 Å². The lowest BCUT2D eigenvalue weighted by molar-refractivity contribution is -0.286. The first-order valence-corrected chi connectivity index (χ1v) is 29.7. The monoisotopic (exact) mass is 1090 g/mol. The summed E-state index contributed by atoms with van der Waals surface area (Å²) in [6, 6.07) is 0. The SMILES string of the molecule is CC(C)=CCCC(C)CC(=O)OC1C(OC(=O)CC(C)CCC=C(C)C)C(OC(=O)CC(C)CCC=C(C)C)C(OC(O)CC(C)CCC=C(C)C)C(OC(=O)CC(C)CCC=C(C)C)C1OC(=O)CC(C)CCC=C(C)C. The fourth-order valence-electron chi connectivity index (χ4n) is 9.52. The molecule has 1 fully saturated rings. The Kier molecular flexibility index (Phi) is 36.0. The number of hydrogen-bond donors (Lipinski definition) is 1. The van der Waals surface area contributed by atoms with E-state index in [9.17, 15) is 29.1 Å². The van der Waals surface area contributed by atoms with Gasteiger partial charge in [-0.1, -0.05) is 111 Å². The number of aliphatic hydroxyl groups is 1. The first kappa shape index (κ1) is 71.7. The largest absolute Gasteiger partial charge is 0.455 e. The van der Waals surface area contributed by atoms with Crippen molar-refractivity contribution in [1.82, 2.24) is 0 Å². The van der Waals surface area contributed by atoms with Crippen LogP contribution in [0.25, 0.3) is 0 Å². The first-order chi connectivity index (χ1) is 36.6. The maximum Gasteiger partial charge on any atom is 0.306 e. The Balaban J connectivity index is 4.39. The average Bonchev–Trinajstić information content (AvgIpc) is 3.28. The lowest BCUT2D eigenvalue weighted by Crippen LogP contribution is -2.69. The minimum absolute atomic E-state index is 0.0316. The molecule has 0 amide bonds. The quantitative estimate of drug-likeness (QED) is 0.0272. The molecular formula is C66H110O12. The molecule has 11 unspecified atom stereocenters. The van der Waals surface area contributed by atoms with Gasteiger partial charge in [-0.2, -0.15) is 0 Å². The van der Waals surface area contributed by atoms with E-state index in [4.69, 9.17) is 28.4 Å². The summed E-state index contributed by atoms with van der Waals surface area (Å²) in [6.07, 6.45) is 10.0. The molecule has 12 nitrogen and oxygen atoms in total. The zero-order valence-electron chi connectivity index (χ0n) is 52.1. The number of carbonyl (C=O) groups is 5. The Hall–Kier alpha value is -4.29. The van der Waals surface area contributed by atoms with Crippen LogP contribution in [0.3, 0.4) is 0 Å². The molecule has 0 aromatic rings. The normalized spacial score (nSPS) is 20.6. The van der Waals surface area contributed by atoms with Gasteiger partial charge in [-0.15, -0.1) is 0 Å². The number of hydrogen-bond acceptors (Lipinski definition) is 12. The lowest BCUT2D eigenvalue weighted by atomic mass is 9.83. The van der Waals surface area contributed by atoms with Crippen LogP contribution in [0.5, 0.6) is 0 Å². The van der Waals surface area contributed by atoms with Gasteiger partial charge in [0.25, 0.3) is 0 Å². The standard InChI is InChI=1S/C66H110O12/c1-43(2)25-19-31-49(13)37-55(67)73-61-62(74-56(68)38-50(14)32-20-26-44(3)4)64(76-58(70)40-52(16)34-22-28-46(7)8)66(78-60(72)42-54(18)36-24-30-48(11)12)65(77-59(71)41-53(17)35-23-29-47(9)10)63(61)75-57(69)39-51(15)33-21-27-45(5)6/h25-30,49-55,61-67H,19-24,31-42H2,1-18H3. The number of aliphatic hydroxyl groups excluding tert-OH is 1. The van der Waals surface area contributed by atoms with Crippen LogP contribution in [0.15, 0.2) is 69.9 Å². The predicted molar refractivity (Wildman–Crippen MR) is 315 cm³/mol. The Morgan fingerprint density at radius 1 is 0.321 bits per heavy atom. The van der Waals surface area contributed by atoms with Crippen molar-refractivity contribution < 1.29 is 57.5 Å². The van der Waals surface area contributed by atoms with Crippen LogP contribution in [0.2, 0.25) is 0 Å². The van der Waals surface area contributed by atoms with Crippen LogP contribution in [-0.2, 0) is 52.4 Å². The molecule has 0 aliphatic heterocycles. The molecule has 11 atom stereocenters. The summed E-state index contributed by atoms with van der Waals surface area (Å²) in [5, 5.41) is 12.0. The molecule has 0 spiro atoms. The highest BCUT2D eigenvalue weighted by molar-refractivity contribution is 5.74. The number of esters is 5. The Bertz CT molecular complexity index is 1880. The average molecular weight is 1100 g/mol. The van der Waals surface area contributed by atoms with Crippen molar-refractivity contribution >= 4 is 29.8 Å². The Labute approximate surface area is 474 Å². The molecule has 1 aliphatic carbocycles. The van der Waals surface area contributed by atoms with Crippen molar-refractivity contribution in [2.45, 2.75) is 283 Å². The van der Waals surface area contributed by atoms with Gasteiger partial charge in [-0.05, 0) is 196 Å². The molecule has 1 aliphatic rings. The van der Waals surface area contributed by atoms with Gasteiger partial charge < -0.3 is 33.5 Å². The maximum atomic E-state index is 14.5. The van der Waals surface area contributed by atoms with Crippen molar-refractivity contribution in [3.8, 4) is 0 Å². The molecule has 78 heavy (non-hydrogen) atoms.